The molecule has 9 atom stereocenters. The highest BCUT2D eigenvalue weighted by atomic mass is 19.3. The van der Waals surface area contributed by atoms with Gasteiger partial charge >= 0.3 is 28.9 Å². The number of benzene rings is 1. The highest BCUT2D eigenvalue weighted by Gasteiger charge is 2.61. The largest absolute Gasteiger partial charge is 0.384 e. The number of unbranched alkanes of at least 4 members (excludes halogenated alkanes) is 1. The van der Waals surface area contributed by atoms with Crippen molar-refractivity contribution in [1.82, 2.24) is 34.0 Å². The zero-order valence-corrected chi connectivity index (χ0v) is 37.0. The second kappa shape index (κ2) is 21.8. The minimum absolute atomic E-state index is 0.0209. The first-order valence-corrected chi connectivity index (χ1v) is 21.2. The van der Waals surface area contributed by atoms with E-state index in [1.807, 2.05) is 6.92 Å². The number of nitrogen functional groups attached to an aromatic ring is 2. The van der Waals surface area contributed by atoms with Gasteiger partial charge in [-0.15, -0.1) is 0 Å². The molecule has 0 unspecified atom stereocenters. The fourth-order valence-electron chi connectivity index (χ4n) is 7.25. The average molecular weight is 997 g/mol. The minimum Gasteiger partial charge on any atom is -0.384 e. The molecule has 380 valence electrons. The molecule has 3 aromatic heterocycles. The number of carbonyl (C=O) groups excluding carboxylic acids is 1. The van der Waals surface area contributed by atoms with Crippen molar-refractivity contribution in [3.8, 4) is 0 Å². The first-order valence-electron chi connectivity index (χ1n) is 21.2. The van der Waals surface area contributed by atoms with Crippen molar-refractivity contribution in [1.29, 1.82) is 0 Å². The van der Waals surface area contributed by atoms with Gasteiger partial charge in [0.25, 0.3) is 11.8 Å². The van der Waals surface area contributed by atoms with Gasteiger partial charge in [0.2, 0.25) is 18.7 Å². The van der Waals surface area contributed by atoms with E-state index < -0.39 is 131 Å². The molecule has 7 rings (SSSR count). The van der Waals surface area contributed by atoms with E-state index in [1.165, 1.54) is 26.0 Å². The summed E-state index contributed by atoms with van der Waals surface area (Å²) < 4.78 is 142. The summed E-state index contributed by atoms with van der Waals surface area (Å²) in [5.41, 5.74) is 6.91. The number of alkyl halides is 6. The van der Waals surface area contributed by atoms with Gasteiger partial charge in [-0.25, -0.2) is 36.3 Å². The molecule has 0 bridgehead atoms. The van der Waals surface area contributed by atoms with Gasteiger partial charge in [-0.1, -0.05) is 52.3 Å². The molecular weight excluding hydrogens is 947 g/mol. The van der Waals surface area contributed by atoms with Crippen molar-refractivity contribution in [2.45, 2.75) is 120 Å². The van der Waals surface area contributed by atoms with Crippen LogP contribution in [0.25, 0.3) is 0 Å². The van der Waals surface area contributed by atoms with E-state index in [-0.39, 0.29) is 18.5 Å². The summed E-state index contributed by atoms with van der Waals surface area (Å²) >= 11 is 0. The summed E-state index contributed by atoms with van der Waals surface area (Å²) in [5.74, 6) is -18.1. The number of halogens is 9. The van der Waals surface area contributed by atoms with Gasteiger partial charge in [-0.3, -0.25) is 18.5 Å². The van der Waals surface area contributed by atoms with E-state index >= 15 is 0 Å². The Morgan fingerprint density at radius 3 is 1.58 bits per heavy atom. The molecule has 3 aliphatic heterocycles. The molecule has 3 aliphatic rings. The van der Waals surface area contributed by atoms with Crippen LogP contribution in [0.15, 0.2) is 63.3 Å². The van der Waals surface area contributed by atoms with Crippen molar-refractivity contribution in [2.75, 3.05) is 29.9 Å². The van der Waals surface area contributed by atoms with Gasteiger partial charge in [-0.2, -0.15) is 32.5 Å². The summed E-state index contributed by atoms with van der Waals surface area (Å²) in [6, 6.07) is 7.91. The van der Waals surface area contributed by atoms with Gasteiger partial charge in [0.1, 0.15) is 18.3 Å². The van der Waals surface area contributed by atoms with E-state index in [4.69, 9.17) is 25.7 Å². The number of nitrogens with one attached hydrogen (secondary N) is 2. The number of hydrogen-bond acceptors (Lipinski definition) is 15. The van der Waals surface area contributed by atoms with Crippen LogP contribution < -0.4 is 39.2 Å². The van der Waals surface area contributed by atoms with Crippen LogP contribution in [0.3, 0.4) is 0 Å². The highest BCUT2D eigenvalue weighted by Crippen LogP contribution is 2.47. The molecule has 0 saturated carbocycles. The molecular formula is C41H49F9N10O9. The fraction of sp³-hybridized carbons (Fsp3) is 0.537. The number of aliphatic hydroxyl groups excluding tert-OH is 2. The maximum atomic E-state index is 14.5. The summed E-state index contributed by atoms with van der Waals surface area (Å²) in [6.07, 6.45) is -9.78. The van der Waals surface area contributed by atoms with Gasteiger partial charge in [0, 0.05) is 12.1 Å². The number of nitrogens with zero attached hydrogens (tertiary/aromatic N) is 6. The smallest absolute Gasteiger partial charge is 0.352 e. The second-order valence-electron chi connectivity index (χ2n) is 15.9. The predicted molar refractivity (Wildman–Crippen MR) is 225 cm³/mol. The number of ether oxygens (including phenoxy) is 3. The lowest BCUT2D eigenvalue weighted by Gasteiger charge is -2.22. The third-order valence-electron chi connectivity index (χ3n) is 11.2. The Morgan fingerprint density at radius 1 is 0.681 bits per heavy atom. The molecule has 1 amide bonds. The molecule has 0 spiro atoms. The van der Waals surface area contributed by atoms with Crippen LogP contribution in [0.1, 0.15) is 82.4 Å². The summed E-state index contributed by atoms with van der Waals surface area (Å²) in [4.78, 5) is 57.0. The fourth-order valence-corrected chi connectivity index (χ4v) is 7.25. The molecule has 1 aromatic carbocycles. The van der Waals surface area contributed by atoms with Crippen LogP contribution in [-0.2, 0) is 14.2 Å². The minimum atomic E-state index is -3.77. The van der Waals surface area contributed by atoms with Crippen LogP contribution >= 0.6 is 0 Å². The predicted octanol–water partition coefficient (Wildman–Crippen LogP) is 3.73. The third kappa shape index (κ3) is 11.4. The van der Waals surface area contributed by atoms with E-state index in [2.05, 4.69) is 25.6 Å². The van der Waals surface area contributed by atoms with Crippen LogP contribution in [0, 0.1) is 23.4 Å². The average Bonchev–Trinajstić information content (AvgIpc) is 3.78. The number of aromatic nitrogens is 6. The SMILES string of the molecule is CCCCNC[C@H]1O[C@@H](n2cc(F)c(N)nc2=O)C(F)(F)[C@@H]1O.CC[C@H]1O[C@@H](n2cc(F)c(N)nc2=O)C(F)(F)[C@@H]1O.CC[C@H]1O[C@@H](n2cc(F)c(NC(=O)c3ccccc3)nc2=O)C(F)(F)[C@@H]1C. The van der Waals surface area contributed by atoms with Crippen LogP contribution in [0.5, 0.6) is 0 Å². The number of anilines is 3. The van der Waals surface area contributed by atoms with Gasteiger partial charge in [0.15, 0.2) is 34.9 Å². The monoisotopic (exact) mass is 996 g/mol. The van der Waals surface area contributed by atoms with E-state index in [0.29, 0.717) is 45.3 Å². The number of carbonyl (C=O) groups is 1. The number of rotatable bonds is 12. The van der Waals surface area contributed by atoms with E-state index in [9.17, 15) is 68.9 Å². The highest BCUT2D eigenvalue weighted by molar-refractivity contribution is 6.03. The molecule has 0 aliphatic carbocycles. The zero-order chi connectivity index (χ0) is 51.3. The van der Waals surface area contributed by atoms with Crippen LogP contribution in [-0.4, -0.2) is 106 Å². The number of aliphatic hydroxyl groups is 2. The number of nitrogens with two attached hydrogens (primary N) is 2. The Kier molecular flexibility index (Phi) is 17.1. The Morgan fingerprint density at radius 2 is 1.12 bits per heavy atom. The third-order valence-corrected chi connectivity index (χ3v) is 11.2. The van der Waals surface area contributed by atoms with Gasteiger partial charge in [-0.05, 0) is 37.9 Å². The zero-order valence-electron chi connectivity index (χ0n) is 37.0. The van der Waals surface area contributed by atoms with Crippen molar-refractivity contribution in [2.24, 2.45) is 5.92 Å². The van der Waals surface area contributed by atoms with Crippen molar-refractivity contribution >= 4 is 23.4 Å². The molecule has 19 nitrogen and oxygen atoms in total. The molecule has 6 heterocycles. The second-order valence-corrected chi connectivity index (χ2v) is 15.9. The molecule has 0 radical (unpaired) electrons. The lowest BCUT2D eigenvalue weighted by molar-refractivity contribution is -0.141. The Balaban J connectivity index is 0.000000196. The number of hydrogen-bond donors (Lipinski definition) is 6. The van der Waals surface area contributed by atoms with Crippen LogP contribution in [0.2, 0.25) is 0 Å². The Hall–Kier alpha value is -5.94. The molecule has 4 aromatic rings. The normalized spacial score (nSPS) is 26.4. The number of amides is 1. The first kappa shape index (κ1) is 54.0. The molecule has 28 heteroatoms. The van der Waals surface area contributed by atoms with Crippen molar-refractivity contribution in [3.05, 3.63) is 103 Å². The maximum Gasteiger partial charge on any atom is 0.352 e. The summed E-state index contributed by atoms with van der Waals surface area (Å²) in [6.45, 7) is 7.07. The lowest BCUT2D eigenvalue weighted by atomic mass is 9.98. The van der Waals surface area contributed by atoms with Crippen LogP contribution in [0.4, 0.5) is 57.0 Å². The van der Waals surface area contributed by atoms with Gasteiger partial charge in [0.05, 0.1) is 36.7 Å². The molecule has 8 N–H and O–H groups in total. The van der Waals surface area contributed by atoms with E-state index in [1.54, 1.807) is 25.1 Å². The maximum absolute atomic E-state index is 14.5. The summed E-state index contributed by atoms with van der Waals surface area (Å²) in [5, 5.41) is 24.2. The summed E-state index contributed by atoms with van der Waals surface area (Å²) in [7, 11) is 0. The molecule has 69 heavy (non-hydrogen) atoms. The standard InChI is InChI=1S/C18H18F3N3O3.C13H19F3N4O3.C10H12F3N3O3/c1-3-13-10(2)18(20,21)16(27-13)24-9-12(19)14(23-17(24)26)22-15(25)11-7-5-4-6-8-11;1-2-3-4-18-5-8-9(21)13(15,16)11(23-8)20-6-7(14)10(17)19-12(20)22;1-2-5-6(17)10(12,13)8(19-5)16-3-4(11)7(14)15-9(16)18/h4-10,13,16H,3H2,1-2H3,(H,22,23,25,26);6,8-9,11,18,21H,2-5H2,1H3,(H2,17,19,22);3,5-6,8,17H,2H2,1H3,(H2,14,15,18)/t10-,13-,16-;8-,9-,11-;5-,6-,8-/m111/s1. The topological polar surface area (TPSA) is 266 Å². The molecule has 3 fully saturated rings. The van der Waals surface area contributed by atoms with Crippen molar-refractivity contribution in [3.63, 3.8) is 0 Å². The quantitative estimate of drug-likeness (QED) is 0.0873. The van der Waals surface area contributed by atoms with Crippen molar-refractivity contribution < 1.29 is 68.7 Å². The molecule has 3 saturated heterocycles. The first-order chi connectivity index (χ1) is 32.3. The Labute approximate surface area is 385 Å². The van der Waals surface area contributed by atoms with E-state index in [0.717, 1.165) is 12.8 Å². The lowest BCUT2D eigenvalue weighted by Crippen LogP contribution is -2.43. The Bertz CT molecular complexity index is 2610. The van der Waals surface area contributed by atoms with Gasteiger partial charge < -0.3 is 46.5 Å².